The van der Waals surface area contributed by atoms with E-state index < -0.39 is 0 Å². The molecule has 0 atom stereocenters. The van der Waals surface area contributed by atoms with Crippen LogP contribution in [0, 0.1) is 10.1 Å². The van der Waals surface area contributed by atoms with Crippen molar-refractivity contribution >= 4 is 23.2 Å². The van der Waals surface area contributed by atoms with Crippen LogP contribution in [0.4, 0.5) is 5.69 Å². The third-order valence-corrected chi connectivity index (χ3v) is 4.58. The maximum atomic E-state index is 12.5. The summed E-state index contributed by atoms with van der Waals surface area (Å²) in [5.41, 5.74) is 1.46. The van der Waals surface area contributed by atoms with Gasteiger partial charge in [-0.1, -0.05) is 29.8 Å². The zero-order chi connectivity index (χ0) is 17.8. The van der Waals surface area contributed by atoms with E-state index in [1.165, 1.54) is 6.07 Å². The molecule has 7 heteroatoms. The zero-order valence-corrected chi connectivity index (χ0v) is 14.4. The second-order valence-corrected chi connectivity index (χ2v) is 6.40. The molecule has 1 saturated heterocycles. The molecule has 6 nitrogen and oxygen atoms in total. The lowest BCUT2D eigenvalue weighted by atomic mass is 10.1. The number of piperazine rings is 1. The van der Waals surface area contributed by atoms with Gasteiger partial charge in [0, 0.05) is 54.9 Å². The van der Waals surface area contributed by atoms with Crippen LogP contribution in [0.5, 0.6) is 0 Å². The van der Waals surface area contributed by atoms with Crippen LogP contribution >= 0.6 is 11.6 Å². The third kappa shape index (κ3) is 4.15. The molecule has 1 amide bonds. The first-order chi connectivity index (χ1) is 12.0. The van der Waals surface area contributed by atoms with E-state index in [0.29, 0.717) is 48.9 Å². The Bertz CT molecular complexity index is 771. The van der Waals surface area contributed by atoms with Crippen LogP contribution < -0.4 is 0 Å². The highest BCUT2D eigenvalue weighted by molar-refractivity contribution is 6.30. The molecule has 2 aromatic carbocycles. The first-order valence-corrected chi connectivity index (χ1v) is 8.42. The van der Waals surface area contributed by atoms with Gasteiger partial charge in [-0.25, -0.2) is 0 Å². The Kier molecular flexibility index (Phi) is 5.31. The number of hydrogen-bond donors (Lipinski definition) is 0. The molecule has 0 aromatic heterocycles. The Morgan fingerprint density at radius 2 is 1.68 bits per heavy atom. The summed E-state index contributed by atoms with van der Waals surface area (Å²) in [6, 6.07) is 13.7. The van der Waals surface area contributed by atoms with Crippen LogP contribution in [0.1, 0.15) is 15.9 Å². The fourth-order valence-electron chi connectivity index (χ4n) is 2.95. The van der Waals surface area contributed by atoms with Crippen LogP contribution in [0.3, 0.4) is 0 Å². The van der Waals surface area contributed by atoms with Gasteiger partial charge < -0.3 is 4.90 Å². The number of rotatable bonds is 4. The van der Waals surface area contributed by atoms with Crippen LogP contribution in [-0.2, 0) is 6.54 Å². The standard InChI is InChI=1S/C18H18ClN3O3/c19-16-7-5-14(6-8-16)18(23)21-11-9-20(10-12-21)13-15-3-1-2-4-17(15)22(24)25/h1-8H,9-13H2. The minimum Gasteiger partial charge on any atom is -0.336 e. The Labute approximate surface area is 150 Å². The topological polar surface area (TPSA) is 66.7 Å². The molecule has 1 heterocycles. The van der Waals surface area contributed by atoms with E-state index in [9.17, 15) is 14.9 Å². The van der Waals surface area contributed by atoms with Crippen molar-refractivity contribution < 1.29 is 9.72 Å². The van der Waals surface area contributed by atoms with Crippen molar-refractivity contribution in [3.05, 3.63) is 74.8 Å². The monoisotopic (exact) mass is 359 g/mol. The highest BCUT2D eigenvalue weighted by atomic mass is 35.5. The number of carbonyl (C=O) groups is 1. The Hall–Kier alpha value is -2.44. The molecular weight excluding hydrogens is 342 g/mol. The molecule has 0 unspecified atom stereocenters. The summed E-state index contributed by atoms with van der Waals surface area (Å²) in [6.07, 6.45) is 0. The van der Waals surface area contributed by atoms with Gasteiger partial charge in [0.2, 0.25) is 0 Å². The molecule has 0 bridgehead atoms. The number of hydrogen-bond acceptors (Lipinski definition) is 4. The van der Waals surface area contributed by atoms with Gasteiger partial charge in [0.15, 0.2) is 0 Å². The average molecular weight is 360 g/mol. The predicted octanol–water partition coefficient (Wildman–Crippen LogP) is 3.21. The van der Waals surface area contributed by atoms with E-state index in [2.05, 4.69) is 4.90 Å². The lowest BCUT2D eigenvalue weighted by molar-refractivity contribution is -0.385. The van der Waals surface area contributed by atoms with Gasteiger partial charge in [-0.15, -0.1) is 0 Å². The minimum atomic E-state index is -0.352. The summed E-state index contributed by atoms with van der Waals surface area (Å²) in [5.74, 6) is -0.0120. The molecular formula is C18H18ClN3O3. The van der Waals surface area contributed by atoms with Crippen molar-refractivity contribution in [2.75, 3.05) is 26.2 Å². The molecule has 25 heavy (non-hydrogen) atoms. The van der Waals surface area contributed by atoms with Crippen LogP contribution in [0.25, 0.3) is 0 Å². The normalized spacial score (nSPS) is 15.2. The van der Waals surface area contributed by atoms with Gasteiger partial charge in [-0.3, -0.25) is 19.8 Å². The molecule has 0 saturated carbocycles. The predicted molar refractivity (Wildman–Crippen MR) is 95.7 cm³/mol. The quantitative estimate of drug-likeness (QED) is 0.621. The lowest BCUT2D eigenvalue weighted by Gasteiger charge is -2.34. The summed E-state index contributed by atoms with van der Waals surface area (Å²) >= 11 is 5.85. The number of amides is 1. The molecule has 1 fully saturated rings. The van der Waals surface area contributed by atoms with Gasteiger partial charge in [-0.05, 0) is 24.3 Å². The number of nitro groups is 1. The molecule has 130 valence electrons. The smallest absolute Gasteiger partial charge is 0.273 e. The average Bonchev–Trinajstić information content (AvgIpc) is 2.63. The van der Waals surface area contributed by atoms with E-state index in [1.807, 2.05) is 6.07 Å². The molecule has 0 aliphatic carbocycles. The van der Waals surface area contributed by atoms with Crippen LogP contribution in [0.15, 0.2) is 48.5 Å². The molecule has 0 spiro atoms. The number of nitrogens with zero attached hydrogens (tertiary/aromatic N) is 3. The molecule has 1 aliphatic heterocycles. The summed E-state index contributed by atoms with van der Waals surface area (Å²) in [5, 5.41) is 11.7. The van der Waals surface area contributed by atoms with Crippen molar-refractivity contribution in [3.63, 3.8) is 0 Å². The second kappa shape index (κ2) is 7.63. The van der Waals surface area contributed by atoms with Gasteiger partial charge in [0.25, 0.3) is 11.6 Å². The number of benzene rings is 2. The van der Waals surface area contributed by atoms with Gasteiger partial charge in [-0.2, -0.15) is 0 Å². The molecule has 1 aliphatic rings. The Balaban J connectivity index is 1.60. The van der Waals surface area contributed by atoms with E-state index >= 15 is 0 Å². The maximum absolute atomic E-state index is 12.5. The summed E-state index contributed by atoms with van der Waals surface area (Å²) in [6.45, 7) is 3.08. The Morgan fingerprint density at radius 3 is 2.32 bits per heavy atom. The van der Waals surface area contributed by atoms with Crippen molar-refractivity contribution in [2.45, 2.75) is 6.54 Å². The van der Waals surface area contributed by atoms with Gasteiger partial charge >= 0.3 is 0 Å². The molecule has 3 rings (SSSR count). The van der Waals surface area contributed by atoms with E-state index in [1.54, 1.807) is 41.3 Å². The zero-order valence-electron chi connectivity index (χ0n) is 13.6. The molecule has 0 N–H and O–H groups in total. The number of carbonyl (C=O) groups excluding carboxylic acids is 1. The summed E-state index contributed by atoms with van der Waals surface area (Å²) < 4.78 is 0. The summed E-state index contributed by atoms with van der Waals surface area (Å²) in [7, 11) is 0. The fourth-order valence-corrected chi connectivity index (χ4v) is 3.07. The minimum absolute atomic E-state index is 0.0120. The van der Waals surface area contributed by atoms with Crippen molar-refractivity contribution in [1.29, 1.82) is 0 Å². The van der Waals surface area contributed by atoms with Crippen molar-refractivity contribution in [1.82, 2.24) is 9.80 Å². The van der Waals surface area contributed by atoms with Crippen molar-refractivity contribution in [3.8, 4) is 0 Å². The van der Waals surface area contributed by atoms with Crippen LogP contribution in [-0.4, -0.2) is 46.8 Å². The largest absolute Gasteiger partial charge is 0.336 e. The first kappa shape index (κ1) is 17.4. The first-order valence-electron chi connectivity index (χ1n) is 8.04. The van der Waals surface area contributed by atoms with E-state index in [-0.39, 0.29) is 16.5 Å². The van der Waals surface area contributed by atoms with Gasteiger partial charge in [0.1, 0.15) is 0 Å². The summed E-state index contributed by atoms with van der Waals surface area (Å²) in [4.78, 5) is 27.2. The molecule has 2 aromatic rings. The third-order valence-electron chi connectivity index (χ3n) is 4.33. The highest BCUT2D eigenvalue weighted by Gasteiger charge is 2.23. The van der Waals surface area contributed by atoms with E-state index in [0.717, 1.165) is 0 Å². The maximum Gasteiger partial charge on any atom is 0.273 e. The second-order valence-electron chi connectivity index (χ2n) is 5.96. The van der Waals surface area contributed by atoms with Gasteiger partial charge in [0.05, 0.1) is 4.92 Å². The van der Waals surface area contributed by atoms with Crippen molar-refractivity contribution in [2.24, 2.45) is 0 Å². The number of para-hydroxylation sites is 1. The number of halogens is 1. The Morgan fingerprint density at radius 1 is 1.04 bits per heavy atom. The highest BCUT2D eigenvalue weighted by Crippen LogP contribution is 2.20. The SMILES string of the molecule is O=C(c1ccc(Cl)cc1)N1CCN(Cc2ccccc2[N+](=O)[O-])CC1. The van der Waals surface area contributed by atoms with Crippen LogP contribution in [0.2, 0.25) is 5.02 Å². The molecule has 0 radical (unpaired) electrons. The lowest BCUT2D eigenvalue weighted by Crippen LogP contribution is -2.48. The fraction of sp³-hybridized carbons (Fsp3) is 0.278. The number of nitro benzene ring substituents is 1. The van der Waals surface area contributed by atoms with E-state index in [4.69, 9.17) is 11.6 Å².